The van der Waals surface area contributed by atoms with Gasteiger partial charge in [0.15, 0.2) is 0 Å². The van der Waals surface area contributed by atoms with E-state index in [1.807, 2.05) is 0 Å². The highest BCUT2D eigenvalue weighted by Crippen LogP contribution is 1.60. The SMILES string of the molecule is COCOC.S. The van der Waals surface area contributed by atoms with E-state index in [0.717, 1.165) is 0 Å². The van der Waals surface area contributed by atoms with Gasteiger partial charge >= 0.3 is 0 Å². The maximum Gasteiger partial charge on any atom is 0.145 e. The molecule has 40 valence electrons. The fourth-order valence-corrected chi connectivity index (χ4v) is 0.118. The van der Waals surface area contributed by atoms with Gasteiger partial charge in [-0.15, -0.1) is 0 Å². The largest absolute Gasteiger partial charge is 0.359 e. The summed E-state index contributed by atoms with van der Waals surface area (Å²) in [5.41, 5.74) is 0. The average molecular weight is 110 g/mol. The van der Waals surface area contributed by atoms with Crippen LogP contribution in [0.3, 0.4) is 0 Å². The molecular weight excluding hydrogens is 100 g/mol. The van der Waals surface area contributed by atoms with E-state index in [1.54, 1.807) is 14.2 Å². The Hall–Kier alpha value is 0.270. The van der Waals surface area contributed by atoms with Crippen LogP contribution in [0.2, 0.25) is 0 Å². The highest BCUT2D eigenvalue weighted by atomic mass is 32.1. The first kappa shape index (κ1) is 9.55. The van der Waals surface area contributed by atoms with E-state index in [4.69, 9.17) is 0 Å². The van der Waals surface area contributed by atoms with Gasteiger partial charge in [0.1, 0.15) is 6.79 Å². The molecular formula is C3H10O2S. The van der Waals surface area contributed by atoms with Crippen molar-refractivity contribution in [2.75, 3.05) is 21.0 Å². The molecule has 0 atom stereocenters. The molecule has 0 aromatic carbocycles. The summed E-state index contributed by atoms with van der Waals surface area (Å²) < 4.78 is 8.94. The van der Waals surface area contributed by atoms with Gasteiger partial charge in [-0.25, -0.2) is 0 Å². The molecule has 0 fully saturated rings. The Balaban J connectivity index is 0. The monoisotopic (exact) mass is 110 g/mol. The van der Waals surface area contributed by atoms with Gasteiger partial charge in [0.2, 0.25) is 0 Å². The molecule has 0 saturated carbocycles. The van der Waals surface area contributed by atoms with E-state index in [-0.39, 0.29) is 13.5 Å². The first-order chi connectivity index (χ1) is 2.41. The highest BCUT2D eigenvalue weighted by molar-refractivity contribution is 7.59. The van der Waals surface area contributed by atoms with Crippen molar-refractivity contribution in [2.45, 2.75) is 0 Å². The first-order valence-electron chi connectivity index (χ1n) is 1.39. The molecule has 0 heterocycles. The van der Waals surface area contributed by atoms with Crippen molar-refractivity contribution < 1.29 is 9.47 Å². The molecule has 2 nitrogen and oxygen atoms in total. The lowest BCUT2D eigenvalue weighted by molar-refractivity contribution is -0.00271. The molecule has 0 bridgehead atoms. The Morgan fingerprint density at radius 1 is 1.17 bits per heavy atom. The summed E-state index contributed by atoms with van der Waals surface area (Å²) in [6.45, 7) is 0.389. The summed E-state index contributed by atoms with van der Waals surface area (Å²) >= 11 is 0. The molecule has 0 rings (SSSR count). The van der Waals surface area contributed by atoms with Gasteiger partial charge in [0, 0.05) is 14.2 Å². The number of methoxy groups -OCH3 is 2. The second-order valence-electron chi connectivity index (χ2n) is 0.695. The molecule has 0 amide bonds. The molecule has 3 heteroatoms. The minimum Gasteiger partial charge on any atom is -0.359 e. The van der Waals surface area contributed by atoms with Crippen LogP contribution in [0.15, 0.2) is 0 Å². The Morgan fingerprint density at radius 3 is 1.50 bits per heavy atom. The van der Waals surface area contributed by atoms with Crippen molar-refractivity contribution in [2.24, 2.45) is 0 Å². The van der Waals surface area contributed by atoms with Crippen LogP contribution in [0.1, 0.15) is 0 Å². The third kappa shape index (κ3) is 8.86. The molecule has 6 heavy (non-hydrogen) atoms. The summed E-state index contributed by atoms with van der Waals surface area (Å²) in [6.07, 6.45) is 0. The van der Waals surface area contributed by atoms with Gasteiger partial charge in [-0.05, 0) is 0 Å². The molecule has 0 aromatic rings. The number of ether oxygens (including phenoxy) is 2. The van der Waals surface area contributed by atoms with Gasteiger partial charge in [0.05, 0.1) is 0 Å². The third-order valence-electron chi connectivity index (χ3n) is 0.236. The maximum absolute atomic E-state index is 4.47. The predicted molar refractivity (Wildman–Crippen MR) is 29.3 cm³/mol. The first-order valence-corrected chi connectivity index (χ1v) is 1.39. The second-order valence-corrected chi connectivity index (χ2v) is 0.695. The molecule has 0 unspecified atom stereocenters. The topological polar surface area (TPSA) is 18.5 Å². The molecule has 0 aromatic heterocycles. The van der Waals surface area contributed by atoms with Crippen LogP contribution in [-0.2, 0) is 9.47 Å². The Morgan fingerprint density at radius 2 is 1.50 bits per heavy atom. The normalized spacial score (nSPS) is 7.00. The maximum atomic E-state index is 4.47. The van der Waals surface area contributed by atoms with E-state index < -0.39 is 0 Å². The summed E-state index contributed by atoms with van der Waals surface area (Å²) in [4.78, 5) is 0. The number of hydrogen-bond acceptors (Lipinski definition) is 2. The number of rotatable bonds is 2. The van der Waals surface area contributed by atoms with Crippen LogP contribution in [0.5, 0.6) is 0 Å². The van der Waals surface area contributed by atoms with Gasteiger partial charge in [-0.1, -0.05) is 0 Å². The molecule has 0 aliphatic heterocycles. The highest BCUT2D eigenvalue weighted by Gasteiger charge is 1.63. The molecule has 0 N–H and O–H groups in total. The zero-order valence-electron chi connectivity index (χ0n) is 4.02. The second kappa shape index (κ2) is 8.99. The summed E-state index contributed by atoms with van der Waals surface area (Å²) in [6, 6.07) is 0. The zero-order valence-corrected chi connectivity index (χ0v) is 5.02. The van der Waals surface area contributed by atoms with Gasteiger partial charge < -0.3 is 9.47 Å². The predicted octanol–water partition coefficient (Wildman–Crippen LogP) is 0.349. The molecule has 0 aliphatic carbocycles. The third-order valence-corrected chi connectivity index (χ3v) is 0.236. The number of hydrogen-bond donors (Lipinski definition) is 0. The Labute approximate surface area is 44.9 Å². The molecule has 0 aliphatic rings. The van der Waals surface area contributed by atoms with Crippen LogP contribution in [0.25, 0.3) is 0 Å². The van der Waals surface area contributed by atoms with Crippen LogP contribution < -0.4 is 0 Å². The molecule has 0 radical (unpaired) electrons. The van der Waals surface area contributed by atoms with E-state index in [2.05, 4.69) is 9.47 Å². The lowest BCUT2D eigenvalue weighted by Gasteiger charge is -1.87. The zero-order chi connectivity index (χ0) is 4.12. The molecule has 0 spiro atoms. The lowest BCUT2D eigenvalue weighted by atomic mass is 11.4. The van der Waals surface area contributed by atoms with Crippen LogP contribution >= 0.6 is 13.5 Å². The summed E-state index contributed by atoms with van der Waals surface area (Å²) in [5, 5.41) is 0. The Kier molecular flexibility index (Phi) is 14.3. The fraction of sp³-hybridized carbons (Fsp3) is 1.00. The summed E-state index contributed by atoms with van der Waals surface area (Å²) in [7, 11) is 3.17. The summed E-state index contributed by atoms with van der Waals surface area (Å²) in [5.74, 6) is 0. The van der Waals surface area contributed by atoms with Gasteiger partial charge in [-0.2, -0.15) is 13.5 Å². The van der Waals surface area contributed by atoms with Gasteiger partial charge in [0.25, 0.3) is 0 Å². The standard InChI is InChI=1S/C3H8O2.H2S/c1-4-3-5-2;/h3H2,1-2H3;1H2. The van der Waals surface area contributed by atoms with Crippen molar-refractivity contribution in [3.8, 4) is 0 Å². The van der Waals surface area contributed by atoms with E-state index >= 15 is 0 Å². The van der Waals surface area contributed by atoms with Crippen molar-refractivity contribution in [1.82, 2.24) is 0 Å². The van der Waals surface area contributed by atoms with Gasteiger partial charge in [-0.3, -0.25) is 0 Å². The molecule has 0 saturated heterocycles. The van der Waals surface area contributed by atoms with Crippen LogP contribution in [0.4, 0.5) is 0 Å². The Bertz CT molecular complexity index is 16.3. The average Bonchev–Trinajstić information content (AvgIpc) is 1.41. The van der Waals surface area contributed by atoms with Crippen molar-refractivity contribution in [3.05, 3.63) is 0 Å². The van der Waals surface area contributed by atoms with E-state index in [9.17, 15) is 0 Å². The smallest absolute Gasteiger partial charge is 0.145 e. The fourth-order valence-electron chi connectivity index (χ4n) is 0.118. The van der Waals surface area contributed by atoms with E-state index in [1.165, 1.54) is 0 Å². The van der Waals surface area contributed by atoms with Crippen molar-refractivity contribution in [3.63, 3.8) is 0 Å². The van der Waals surface area contributed by atoms with E-state index in [0.29, 0.717) is 6.79 Å². The van der Waals surface area contributed by atoms with Crippen molar-refractivity contribution in [1.29, 1.82) is 0 Å². The van der Waals surface area contributed by atoms with Crippen molar-refractivity contribution >= 4 is 13.5 Å². The van der Waals surface area contributed by atoms with Crippen LogP contribution in [-0.4, -0.2) is 21.0 Å². The minimum atomic E-state index is 0. The quantitative estimate of drug-likeness (QED) is 0.477. The lowest BCUT2D eigenvalue weighted by Crippen LogP contribution is -1.87. The minimum absolute atomic E-state index is 0. The van der Waals surface area contributed by atoms with Crippen LogP contribution in [0, 0.1) is 0 Å².